The van der Waals surface area contributed by atoms with Gasteiger partial charge in [-0.2, -0.15) is 0 Å². The summed E-state index contributed by atoms with van der Waals surface area (Å²) in [6.45, 7) is 4.20. The highest BCUT2D eigenvalue weighted by Gasteiger charge is 2.12. The highest BCUT2D eigenvalue weighted by molar-refractivity contribution is 14.0. The molecule has 166 valence electrons. The number of ether oxygens (including phenoxy) is 1. The molecule has 0 saturated carbocycles. The van der Waals surface area contributed by atoms with Gasteiger partial charge < -0.3 is 15.4 Å². The summed E-state index contributed by atoms with van der Waals surface area (Å²) in [5.41, 5.74) is 2.70. The Hall–Kier alpha value is -2.08. The molecule has 0 saturated heterocycles. The summed E-state index contributed by atoms with van der Waals surface area (Å²) < 4.78 is 45.7. The Labute approximate surface area is 194 Å². The zero-order valence-electron chi connectivity index (χ0n) is 17.5. The summed E-state index contributed by atoms with van der Waals surface area (Å²) in [5, 5.41) is 6.08. The topological polar surface area (TPSA) is 91.8 Å². The molecule has 2 aromatic carbocycles. The van der Waals surface area contributed by atoms with Crippen LogP contribution in [0.25, 0.3) is 0 Å². The summed E-state index contributed by atoms with van der Waals surface area (Å²) in [4.78, 5) is 4.09. The van der Waals surface area contributed by atoms with Crippen molar-refractivity contribution in [1.29, 1.82) is 0 Å². The number of aliphatic imine (C=N–C) groups is 1. The highest BCUT2D eigenvalue weighted by Crippen LogP contribution is 2.19. The third kappa shape index (κ3) is 7.98. The molecule has 0 radical (unpaired) electrons. The highest BCUT2D eigenvalue weighted by atomic mass is 127. The monoisotopic (exact) mass is 550 g/mol. The fourth-order valence-corrected chi connectivity index (χ4v) is 3.55. The van der Waals surface area contributed by atoms with Crippen LogP contribution in [0.2, 0.25) is 0 Å². The number of halogens is 2. The summed E-state index contributed by atoms with van der Waals surface area (Å²) in [6, 6.07) is 10.1. The van der Waals surface area contributed by atoms with E-state index in [0.29, 0.717) is 18.1 Å². The molecule has 0 bridgehead atoms. The van der Waals surface area contributed by atoms with Gasteiger partial charge in [0.1, 0.15) is 11.6 Å². The molecule has 0 aliphatic rings. The molecule has 0 aliphatic heterocycles. The molecule has 2 aromatic rings. The van der Waals surface area contributed by atoms with E-state index in [4.69, 9.17) is 4.74 Å². The van der Waals surface area contributed by atoms with Crippen molar-refractivity contribution in [3.63, 3.8) is 0 Å². The van der Waals surface area contributed by atoms with Crippen LogP contribution in [0.1, 0.15) is 16.7 Å². The van der Waals surface area contributed by atoms with E-state index in [2.05, 4.69) is 20.3 Å². The van der Waals surface area contributed by atoms with Crippen LogP contribution in [-0.4, -0.2) is 40.8 Å². The van der Waals surface area contributed by atoms with Gasteiger partial charge in [0, 0.05) is 25.7 Å². The number of hydrogen-bond donors (Lipinski definition) is 3. The van der Waals surface area contributed by atoms with E-state index in [1.54, 1.807) is 21.1 Å². The average molecular weight is 550 g/mol. The van der Waals surface area contributed by atoms with Crippen LogP contribution in [0, 0.1) is 19.7 Å². The Morgan fingerprint density at radius 1 is 1.13 bits per heavy atom. The van der Waals surface area contributed by atoms with Crippen molar-refractivity contribution in [2.75, 3.05) is 31.2 Å². The van der Waals surface area contributed by atoms with E-state index in [1.165, 1.54) is 12.1 Å². The largest absolute Gasteiger partial charge is 0.496 e. The van der Waals surface area contributed by atoms with Crippen molar-refractivity contribution in [3.05, 3.63) is 58.9 Å². The van der Waals surface area contributed by atoms with Gasteiger partial charge in [-0.3, -0.25) is 9.71 Å². The van der Waals surface area contributed by atoms with E-state index < -0.39 is 15.8 Å². The first-order valence-electron chi connectivity index (χ1n) is 9.09. The number of methoxy groups -OCH3 is 1. The maximum Gasteiger partial charge on any atom is 0.234 e. The lowest BCUT2D eigenvalue weighted by Crippen LogP contribution is -2.39. The molecule has 0 aliphatic carbocycles. The standard InChI is InChI=1S/C20H27FN4O3S.HI/c1-14-5-7-16(19(11-14)28-4)13-24-20(22-3)23-9-10-29(26,27)25-17-8-6-15(2)18(21)12-17;/h5-8,11-12,25H,9-10,13H2,1-4H3,(H2,22,23,24);1H. The van der Waals surface area contributed by atoms with Crippen LogP contribution in [0.5, 0.6) is 5.75 Å². The third-order valence-corrected chi connectivity index (χ3v) is 5.51. The molecule has 30 heavy (non-hydrogen) atoms. The smallest absolute Gasteiger partial charge is 0.234 e. The van der Waals surface area contributed by atoms with Crippen LogP contribution in [-0.2, 0) is 16.6 Å². The van der Waals surface area contributed by atoms with Crippen molar-refractivity contribution in [2.24, 2.45) is 4.99 Å². The first kappa shape index (κ1) is 26.0. The lowest BCUT2D eigenvalue weighted by atomic mass is 10.1. The molecular weight excluding hydrogens is 522 g/mol. The minimum atomic E-state index is -3.63. The number of anilines is 1. The van der Waals surface area contributed by atoms with Gasteiger partial charge in [0.15, 0.2) is 5.96 Å². The molecule has 3 N–H and O–H groups in total. The minimum Gasteiger partial charge on any atom is -0.496 e. The number of hydrogen-bond acceptors (Lipinski definition) is 4. The van der Waals surface area contributed by atoms with E-state index in [1.807, 2.05) is 25.1 Å². The van der Waals surface area contributed by atoms with Crippen molar-refractivity contribution in [2.45, 2.75) is 20.4 Å². The zero-order valence-corrected chi connectivity index (χ0v) is 20.6. The van der Waals surface area contributed by atoms with Gasteiger partial charge in [-0.25, -0.2) is 12.8 Å². The first-order chi connectivity index (χ1) is 13.7. The summed E-state index contributed by atoms with van der Waals surface area (Å²) in [6.07, 6.45) is 0. The lowest BCUT2D eigenvalue weighted by Gasteiger charge is -2.14. The van der Waals surface area contributed by atoms with Crippen LogP contribution in [0.3, 0.4) is 0 Å². The quantitative estimate of drug-likeness (QED) is 0.267. The molecule has 0 heterocycles. The number of nitrogens with zero attached hydrogens (tertiary/aromatic N) is 1. The number of aryl methyl sites for hydroxylation is 2. The summed E-state index contributed by atoms with van der Waals surface area (Å²) in [7, 11) is -0.418. The summed E-state index contributed by atoms with van der Waals surface area (Å²) >= 11 is 0. The Morgan fingerprint density at radius 2 is 1.87 bits per heavy atom. The van der Waals surface area contributed by atoms with Crippen LogP contribution in [0.4, 0.5) is 10.1 Å². The van der Waals surface area contributed by atoms with Crippen LogP contribution in [0.15, 0.2) is 41.4 Å². The zero-order chi connectivity index (χ0) is 21.4. The van der Waals surface area contributed by atoms with Crippen molar-refractivity contribution in [1.82, 2.24) is 10.6 Å². The van der Waals surface area contributed by atoms with Gasteiger partial charge in [0.2, 0.25) is 10.0 Å². The fraction of sp³-hybridized carbons (Fsp3) is 0.350. The maximum atomic E-state index is 13.6. The van der Waals surface area contributed by atoms with Gasteiger partial charge in [-0.05, 0) is 43.2 Å². The predicted octanol–water partition coefficient (Wildman–Crippen LogP) is 3.18. The molecule has 0 atom stereocenters. The number of rotatable bonds is 8. The molecule has 10 heteroatoms. The molecular formula is C20H28FIN4O3S. The van der Waals surface area contributed by atoms with Gasteiger partial charge >= 0.3 is 0 Å². The van der Waals surface area contributed by atoms with Crippen molar-refractivity contribution < 1.29 is 17.5 Å². The van der Waals surface area contributed by atoms with Crippen LogP contribution < -0.4 is 20.1 Å². The Morgan fingerprint density at radius 3 is 2.50 bits per heavy atom. The maximum absolute atomic E-state index is 13.6. The lowest BCUT2D eigenvalue weighted by molar-refractivity contribution is 0.408. The normalized spacial score (nSPS) is 11.4. The average Bonchev–Trinajstić information content (AvgIpc) is 2.67. The minimum absolute atomic E-state index is 0. The van der Waals surface area contributed by atoms with Gasteiger partial charge in [0.25, 0.3) is 0 Å². The molecule has 0 unspecified atom stereocenters. The molecule has 2 rings (SSSR count). The molecule has 0 aromatic heterocycles. The third-order valence-electron chi connectivity index (χ3n) is 4.22. The van der Waals surface area contributed by atoms with E-state index in [9.17, 15) is 12.8 Å². The second kappa shape index (κ2) is 11.9. The van der Waals surface area contributed by atoms with Crippen molar-refractivity contribution >= 4 is 45.6 Å². The van der Waals surface area contributed by atoms with E-state index in [0.717, 1.165) is 22.9 Å². The molecule has 0 amide bonds. The molecule has 7 nitrogen and oxygen atoms in total. The number of guanidine groups is 1. The number of sulfonamides is 1. The van der Waals surface area contributed by atoms with Gasteiger partial charge in [-0.1, -0.05) is 18.2 Å². The Kier molecular flexibility index (Phi) is 10.3. The first-order valence-corrected chi connectivity index (χ1v) is 10.7. The Bertz CT molecular complexity index is 984. The van der Waals surface area contributed by atoms with Crippen LogP contribution >= 0.6 is 24.0 Å². The predicted molar refractivity (Wildman–Crippen MR) is 130 cm³/mol. The fourth-order valence-electron chi connectivity index (χ4n) is 2.59. The van der Waals surface area contributed by atoms with Gasteiger partial charge in [-0.15, -0.1) is 24.0 Å². The van der Waals surface area contributed by atoms with Gasteiger partial charge in [0.05, 0.1) is 18.6 Å². The molecule has 0 fully saturated rings. The van der Waals surface area contributed by atoms with E-state index in [-0.39, 0.29) is 42.0 Å². The second-order valence-electron chi connectivity index (χ2n) is 6.55. The molecule has 0 spiro atoms. The summed E-state index contributed by atoms with van der Waals surface area (Å²) in [5.74, 6) is 0.575. The SMILES string of the molecule is CN=C(NCCS(=O)(=O)Nc1ccc(C)c(F)c1)NCc1ccc(C)cc1OC.I. The Balaban J connectivity index is 0.00000450. The number of nitrogens with one attached hydrogen (secondary N) is 3. The number of benzene rings is 2. The second-order valence-corrected chi connectivity index (χ2v) is 8.39. The van der Waals surface area contributed by atoms with E-state index >= 15 is 0 Å². The van der Waals surface area contributed by atoms with Crippen molar-refractivity contribution in [3.8, 4) is 5.75 Å².